The first-order chi connectivity index (χ1) is 11.4. The standard InChI is InChI=1S/C12H14F6N2O5/c1-23-3-2-20-7(24-8(21)11(13,14)15)6-4-10(20,5-19-6)25-9(22)12(16,17)18/h6-7,19H,2-5H2,1H3/t6-,7?,10-/m0/s1. The molecule has 1 N–H and O–H groups in total. The highest BCUT2D eigenvalue weighted by atomic mass is 19.4. The van der Waals surface area contributed by atoms with Crippen LogP contribution in [0.5, 0.6) is 0 Å². The fourth-order valence-corrected chi connectivity index (χ4v) is 2.86. The predicted molar refractivity (Wildman–Crippen MR) is 65.8 cm³/mol. The van der Waals surface area contributed by atoms with E-state index in [9.17, 15) is 35.9 Å². The van der Waals surface area contributed by atoms with Crippen molar-refractivity contribution in [2.75, 3.05) is 26.8 Å². The zero-order valence-electron chi connectivity index (χ0n) is 12.7. The van der Waals surface area contributed by atoms with Gasteiger partial charge >= 0.3 is 24.3 Å². The molecule has 0 spiro atoms. The van der Waals surface area contributed by atoms with Crippen LogP contribution >= 0.6 is 0 Å². The number of hydrogen-bond donors (Lipinski definition) is 1. The molecule has 2 fully saturated rings. The third-order valence-corrected chi connectivity index (χ3v) is 3.86. The monoisotopic (exact) mass is 380 g/mol. The highest BCUT2D eigenvalue weighted by Crippen LogP contribution is 2.42. The van der Waals surface area contributed by atoms with Gasteiger partial charge in [-0.25, -0.2) is 14.5 Å². The lowest BCUT2D eigenvalue weighted by molar-refractivity contribution is -0.245. The summed E-state index contributed by atoms with van der Waals surface area (Å²) in [7, 11) is 1.26. The number of piperazine rings is 1. The molecule has 1 unspecified atom stereocenters. The van der Waals surface area contributed by atoms with Crippen molar-refractivity contribution >= 4 is 11.9 Å². The van der Waals surface area contributed by atoms with Crippen molar-refractivity contribution in [1.29, 1.82) is 0 Å². The summed E-state index contributed by atoms with van der Waals surface area (Å²) >= 11 is 0. The Kier molecular flexibility index (Phi) is 5.21. The van der Waals surface area contributed by atoms with Crippen molar-refractivity contribution in [3.63, 3.8) is 0 Å². The molecule has 0 aromatic rings. The van der Waals surface area contributed by atoms with Crippen LogP contribution in [0.4, 0.5) is 26.3 Å². The lowest BCUT2D eigenvalue weighted by Crippen LogP contribution is -2.62. The van der Waals surface area contributed by atoms with Crippen molar-refractivity contribution < 1.29 is 50.1 Å². The molecule has 0 aromatic carbocycles. The summed E-state index contributed by atoms with van der Waals surface area (Å²) in [6.07, 6.45) is -12.4. The molecule has 3 atom stereocenters. The first kappa shape index (κ1) is 19.7. The zero-order chi connectivity index (χ0) is 19.0. The van der Waals surface area contributed by atoms with E-state index in [1.807, 2.05) is 0 Å². The molecule has 0 saturated carbocycles. The number of carbonyl (C=O) groups excluding carboxylic acids is 2. The molecular weight excluding hydrogens is 366 g/mol. The minimum atomic E-state index is -5.28. The third-order valence-electron chi connectivity index (χ3n) is 3.86. The van der Waals surface area contributed by atoms with Gasteiger partial charge in [0.15, 0.2) is 12.0 Å². The largest absolute Gasteiger partial charge is 0.490 e. The second-order valence-electron chi connectivity index (χ2n) is 5.50. The Balaban J connectivity index is 2.22. The van der Waals surface area contributed by atoms with E-state index in [0.717, 1.165) is 4.90 Å². The van der Waals surface area contributed by atoms with Crippen molar-refractivity contribution in [2.24, 2.45) is 0 Å². The number of carbonyl (C=O) groups is 2. The minimum absolute atomic E-state index is 0.0991. The number of methoxy groups -OCH3 is 1. The number of rotatable bonds is 5. The molecule has 0 aromatic heterocycles. The normalized spacial score (nSPS) is 29.7. The number of alkyl halides is 6. The van der Waals surface area contributed by atoms with Crippen LogP contribution in [0.3, 0.4) is 0 Å². The van der Waals surface area contributed by atoms with E-state index < -0.39 is 42.3 Å². The van der Waals surface area contributed by atoms with E-state index in [1.54, 1.807) is 0 Å². The van der Waals surface area contributed by atoms with Gasteiger partial charge in [-0.05, 0) is 0 Å². The topological polar surface area (TPSA) is 77.1 Å². The maximum atomic E-state index is 12.5. The van der Waals surface area contributed by atoms with Crippen molar-refractivity contribution in [3.05, 3.63) is 0 Å². The molecule has 0 radical (unpaired) electrons. The summed E-state index contributed by atoms with van der Waals surface area (Å²) in [6.45, 7) is -0.572. The van der Waals surface area contributed by atoms with E-state index in [0.29, 0.717) is 0 Å². The number of ether oxygens (including phenoxy) is 3. The third kappa shape index (κ3) is 3.98. The van der Waals surface area contributed by atoms with Crippen molar-refractivity contribution in [1.82, 2.24) is 10.2 Å². The second kappa shape index (κ2) is 6.61. The summed E-state index contributed by atoms with van der Waals surface area (Å²) in [6, 6.07) is -0.927. The van der Waals surface area contributed by atoms with E-state index in [2.05, 4.69) is 14.8 Å². The Morgan fingerprint density at radius 2 is 1.76 bits per heavy atom. The Labute approximate surface area is 137 Å². The maximum absolute atomic E-state index is 12.5. The highest BCUT2D eigenvalue weighted by Gasteiger charge is 2.63. The van der Waals surface area contributed by atoms with Crippen molar-refractivity contribution in [2.45, 2.75) is 36.8 Å². The molecule has 25 heavy (non-hydrogen) atoms. The number of esters is 2. The van der Waals surface area contributed by atoms with Crippen molar-refractivity contribution in [3.8, 4) is 0 Å². The average molecular weight is 380 g/mol. The second-order valence-corrected chi connectivity index (χ2v) is 5.50. The zero-order valence-corrected chi connectivity index (χ0v) is 12.7. The SMILES string of the molecule is COCCN1C(OC(=O)C(F)(F)F)[C@@H]2C[C@]1(OC(=O)C(F)(F)F)CN2. The number of nitrogens with one attached hydrogen (secondary N) is 1. The van der Waals surface area contributed by atoms with E-state index in [-0.39, 0.29) is 26.1 Å². The lowest BCUT2D eigenvalue weighted by Gasteiger charge is -2.41. The number of fused-ring (bicyclic) bond motifs is 2. The molecular formula is C12H14F6N2O5. The Morgan fingerprint density at radius 3 is 2.28 bits per heavy atom. The first-order valence-electron chi connectivity index (χ1n) is 6.98. The van der Waals surface area contributed by atoms with Gasteiger partial charge in [-0.15, -0.1) is 0 Å². The summed E-state index contributed by atoms with van der Waals surface area (Å²) in [5.41, 5.74) is -1.88. The quantitative estimate of drug-likeness (QED) is 0.551. The lowest BCUT2D eigenvalue weighted by atomic mass is 10.2. The molecule has 2 rings (SSSR count). The molecule has 7 nitrogen and oxygen atoms in total. The van der Waals surface area contributed by atoms with Crippen LogP contribution in [-0.4, -0.2) is 74.0 Å². The molecule has 0 amide bonds. The van der Waals surface area contributed by atoms with Crippen LogP contribution in [0, 0.1) is 0 Å². The number of likely N-dealkylation sites (tertiary alicyclic amines) is 1. The van der Waals surface area contributed by atoms with Crippen LogP contribution < -0.4 is 5.32 Å². The van der Waals surface area contributed by atoms with Gasteiger partial charge < -0.3 is 19.5 Å². The van der Waals surface area contributed by atoms with Gasteiger partial charge in [-0.2, -0.15) is 26.3 Å². The summed E-state index contributed by atoms with van der Waals surface area (Å²) in [4.78, 5) is 23.2. The van der Waals surface area contributed by atoms with Gasteiger partial charge in [0.25, 0.3) is 0 Å². The Morgan fingerprint density at radius 1 is 1.16 bits per heavy atom. The fraction of sp³-hybridized carbons (Fsp3) is 0.833. The van der Waals surface area contributed by atoms with E-state index in [1.165, 1.54) is 7.11 Å². The van der Waals surface area contributed by atoms with Gasteiger partial charge in [0.05, 0.1) is 19.2 Å². The number of nitrogens with zero attached hydrogens (tertiary/aromatic N) is 1. The Bertz CT molecular complexity index is 539. The van der Waals surface area contributed by atoms with Gasteiger partial charge in [-0.1, -0.05) is 0 Å². The van der Waals surface area contributed by atoms with Crippen LogP contribution in [0.2, 0.25) is 0 Å². The maximum Gasteiger partial charge on any atom is 0.490 e. The molecule has 2 aliphatic rings. The van der Waals surface area contributed by atoms with Crippen LogP contribution in [-0.2, 0) is 23.8 Å². The predicted octanol–water partition coefficient (Wildman–Crippen LogP) is 0.544. The van der Waals surface area contributed by atoms with E-state index >= 15 is 0 Å². The first-order valence-corrected chi connectivity index (χ1v) is 6.98. The Hall–Kier alpha value is -1.60. The highest BCUT2D eigenvalue weighted by molar-refractivity contribution is 5.76. The fourth-order valence-electron chi connectivity index (χ4n) is 2.86. The van der Waals surface area contributed by atoms with Gasteiger partial charge in [0.2, 0.25) is 0 Å². The van der Waals surface area contributed by atoms with Crippen LogP contribution in [0.1, 0.15) is 6.42 Å². The van der Waals surface area contributed by atoms with Gasteiger partial charge in [0, 0.05) is 20.1 Å². The van der Waals surface area contributed by atoms with Gasteiger partial charge in [0.1, 0.15) is 0 Å². The van der Waals surface area contributed by atoms with Crippen LogP contribution in [0.25, 0.3) is 0 Å². The summed E-state index contributed by atoms with van der Waals surface area (Å²) in [5, 5.41) is 2.60. The van der Waals surface area contributed by atoms with Crippen LogP contribution in [0.15, 0.2) is 0 Å². The molecule has 2 bridgehead atoms. The summed E-state index contributed by atoms with van der Waals surface area (Å²) in [5.74, 6) is -4.98. The molecule has 144 valence electrons. The minimum Gasteiger partial charge on any atom is -0.438 e. The number of hydrogen-bond acceptors (Lipinski definition) is 7. The molecule has 0 aliphatic carbocycles. The molecule has 13 heteroatoms. The number of halogens is 6. The summed E-state index contributed by atoms with van der Waals surface area (Å²) < 4.78 is 88.4. The smallest absolute Gasteiger partial charge is 0.438 e. The van der Waals surface area contributed by atoms with E-state index in [4.69, 9.17) is 4.74 Å². The molecule has 2 aliphatic heterocycles. The average Bonchev–Trinajstić information content (AvgIpc) is 2.99. The molecule has 2 saturated heterocycles. The van der Waals surface area contributed by atoms with Gasteiger partial charge in [-0.3, -0.25) is 0 Å². The molecule has 2 heterocycles.